The van der Waals surface area contributed by atoms with E-state index in [0.717, 1.165) is 24.4 Å². The highest BCUT2D eigenvalue weighted by Crippen LogP contribution is 2.31. The standard InChI is InChI=1S/C13H16ClNO/c1-15(8-10-3-2-4-10)13-6-5-11(9-16)7-12(13)14/h5-7,9-10H,2-4,8H2,1H3. The highest BCUT2D eigenvalue weighted by Gasteiger charge is 2.20. The van der Waals surface area contributed by atoms with Crippen molar-refractivity contribution in [3.63, 3.8) is 0 Å². The second kappa shape index (κ2) is 4.88. The van der Waals surface area contributed by atoms with Gasteiger partial charge in [0.2, 0.25) is 0 Å². The topological polar surface area (TPSA) is 20.3 Å². The van der Waals surface area contributed by atoms with E-state index in [2.05, 4.69) is 11.9 Å². The molecule has 16 heavy (non-hydrogen) atoms. The molecule has 0 aromatic heterocycles. The van der Waals surface area contributed by atoms with Gasteiger partial charge in [0, 0.05) is 19.2 Å². The summed E-state index contributed by atoms with van der Waals surface area (Å²) in [6, 6.07) is 5.46. The zero-order valence-electron chi connectivity index (χ0n) is 9.45. The van der Waals surface area contributed by atoms with Gasteiger partial charge in [-0.05, 0) is 37.0 Å². The number of benzene rings is 1. The zero-order valence-corrected chi connectivity index (χ0v) is 10.2. The first-order valence-corrected chi connectivity index (χ1v) is 6.04. The average Bonchev–Trinajstić information content (AvgIpc) is 2.23. The molecule has 0 bridgehead atoms. The summed E-state index contributed by atoms with van der Waals surface area (Å²) in [5.41, 5.74) is 1.64. The highest BCUT2D eigenvalue weighted by atomic mass is 35.5. The van der Waals surface area contributed by atoms with Crippen LogP contribution in [0.4, 0.5) is 5.69 Å². The van der Waals surface area contributed by atoms with Gasteiger partial charge in [0.1, 0.15) is 6.29 Å². The van der Waals surface area contributed by atoms with Gasteiger partial charge < -0.3 is 4.90 Å². The fraction of sp³-hybridized carbons (Fsp3) is 0.462. The van der Waals surface area contributed by atoms with Gasteiger partial charge in [-0.15, -0.1) is 0 Å². The molecule has 0 N–H and O–H groups in total. The molecule has 1 fully saturated rings. The first-order valence-electron chi connectivity index (χ1n) is 5.66. The van der Waals surface area contributed by atoms with Crippen LogP contribution in [-0.2, 0) is 0 Å². The Morgan fingerprint density at radius 1 is 1.50 bits per heavy atom. The molecule has 0 radical (unpaired) electrons. The maximum atomic E-state index is 10.6. The van der Waals surface area contributed by atoms with E-state index in [4.69, 9.17) is 11.6 Å². The monoisotopic (exact) mass is 237 g/mol. The van der Waals surface area contributed by atoms with Crippen molar-refractivity contribution >= 4 is 23.6 Å². The lowest BCUT2D eigenvalue weighted by molar-refractivity contribution is 0.112. The normalized spacial score (nSPS) is 15.6. The Kier molecular flexibility index (Phi) is 3.49. The number of carbonyl (C=O) groups excluding carboxylic acids is 1. The van der Waals surface area contributed by atoms with Gasteiger partial charge >= 0.3 is 0 Å². The van der Waals surface area contributed by atoms with Gasteiger partial charge in [0.25, 0.3) is 0 Å². The van der Waals surface area contributed by atoms with Crippen molar-refractivity contribution in [1.29, 1.82) is 0 Å². The Labute approximate surface area is 101 Å². The first kappa shape index (κ1) is 11.5. The average molecular weight is 238 g/mol. The summed E-state index contributed by atoms with van der Waals surface area (Å²) in [7, 11) is 2.06. The molecular weight excluding hydrogens is 222 g/mol. The summed E-state index contributed by atoms with van der Waals surface area (Å²) < 4.78 is 0. The van der Waals surface area contributed by atoms with Crippen molar-refractivity contribution in [3.8, 4) is 0 Å². The molecule has 0 aliphatic heterocycles. The van der Waals surface area contributed by atoms with Crippen LogP contribution in [0.3, 0.4) is 0 Å². The minimum Gasteiger partial charge on any atom is -0.373 e. The molecule has 86 valence electrons. The Balaban J connectivity index is 2.09. The highest BCUT2D eigenvalue weighted by molar-refractivity contribution is 6.33. The Bertz CT molecular complexity index is 388. The van der Waals surface area contributed by atoms with Crippen molar-refractivity contribution in [2.45, 2.75) is 19.3 Å². The number of rotatable bonds is 4. The zero-order chi connectivity index (χ0) is 11.5. The lowest BCUT2D eigenvalue weighted by Crippen LogP contribution is -2.29. The Morgan fingerprint density at radius 3 is 2.75 bits per heavy atom. The van der Waals surface area contributed by atoms with Gasteiger partial charge in [-0.25, -0.2) is 0 Å². The smallest absolute Gasteiger partial charge is 0.150 e. The number of aldehydes is 1. The van der Waals surface area contributed by atoms with E-state index in [1.165, 1.54) is 19.3 Å². The Morgan fingerprint density at radius 2 is 2.25 bits per heavy atom. The van der Waals surface area contributed by atoms with Crippen LogP contribution in [0.2, 0.25) is 5.02 Å². The largest absolute Gasteiger partial charge is 0.373 e. The lowest BCUT2D eigenvalue weighted by Gasteiger charge is -2.31. The third-order valence-corrected chi connectivity index (χ3v) is 3.58. The molecule has 0 saturated heterocycles. The van der Waals surface area contributed by atoms with Gasteiger partial charge in [-0.2, -0.15) is 0 Å². The second-order valence-electron chi connectivity index (χ2n) is 4.51. The van der Waals surface area contributed by atoms with E-state index in [1.807, 2.05) is 12.1 Å². The molecule has 1 aromatic rings. The van der Waals surface area contributed by atoms with Crippen molar-refractivity contribution < 1.29 is 4.79 Å². The minimum atomic E-state index is 0.630. The molecule has 0 spiro atoms. The van der Waals surface area contributed by atoms with Crippen molar-refractivity contribution in [1.82, 2.24) is 0 Å². The molecular formula is C13H16ClNO. The molecule has 0 heterocycles. The van der Waals surface area contributed by atoms with Crippen LogP contribution in [0.5, 0.6) is 0 Å². The quantitative estimate of drug-likeness (QED) is 0.749. The van der Waals surface area contributed by atoms with Crippen molar-refractivity contribution in [3.05, 3.63) is 28.8 Å². The maximum Gasteiger partial charge on any atom is 0.150 e. The molecule has 1 aromatic carbocycles. The Hall–Kier alpha value is -1.02. The molecule has 1 aliphatic rings. The molecule has 3 heteroatoms. The van der Waals surface area contributed by atoms with Crippen LogP contribution < -0.4 is 4.90 Å². The third kappa shape index (κ3) is 2.38. The first-order chi connectivity index (χ1) is 7.70. The van der Waals surface area contributed by atoms with Crippen LogP contribution in [0.1, 0.15) is 29.6 Å². The summed E-state index contributed by atoms with van der Waals surface area (Å²) in [4.78, 5) is 12.8. The summed E-state index contributed by atoms with van der Waals surface area (Å²) >= 11 is 6.15. The minimum absolute atomic E-state index is 0.630. The molecule has 0 unspecified atom stereocenters. The lowest BCUT2D eigenvalue weighted by atomic mass is 9.85. The molecule has 0 amide bonds. The van der Waals surface area contributed by atoms with Gasteiger partial charge in [0.15, 0.2) is 0 Å². The van der Waals surface area contributed by atoms with Crippen LogP contribution in [0.15, 0.2) is 18.2 Å². The molecule has 2 nitrogen and oxygen atoms in total. The van der Waals surface area contributed by atoms with E-state index < -0.39 is 0 Å². The van der Waals surface area contributed by atoms with Crippen LogP contribution >= 0.6 is 11.6 Å². The van der Waals surface area contributed by atoms with Crippen LogP contribution in [0.25, 0.3) is 0 Å². The summed E-state index contributed by atoms with van der Waals surface area (Å²) in [6.45, 7) is 1.06. The molecule has 1 saturated carbocycles. The van der Waals surface area contributed by atoms with Crippen molar-refractivity contribution in [2.75, 3.05) is 18.5 Å². The van der Waals surface area contributed by atoms with E-state index in [1.54, 1.807) is 6.07 Å². The predicted molar refractivity (Wildman–Crippen MR) is 67.5 cm³/mol. The number of halogens is 1. The molecule has 1 aliphatic carbocycles. The van der Waals surface area contributed by atoms with E-state index in [9.17, 15) is 4.79 Å². The SMILES string of the molecule is CN(CC1CCC1)c1ccc(C=O)cc1Cl. The van der Waals surface area contributed by atoms with Crippen LogP contribution in [0, 0.1) is 5.92 Å². The van der Waals surface area contributed by atoms with E-state index in [-0.39, 0.29) is 0 Å². The number of carbonyl (C=O) groups is 1. The number of nitrogens with zero attached hydrogens (tertiary/aromatic N) is 1. The van der Waals surface area contributed by atoms with Gasteiger partial charge in [-0.3, -0.25) is 4.79 Å². The summed E-state index contributed by atoms with van der Waals surface area (Å²) in [6.07, 6.45) is 4.83. The van der Waals surface area contributed by atoms with Crippen LogP contribution in [-0.4, -0.2) is 19.9 Å². The predicted octanol–water partition coefficient (Wildman–Crippen LogP) is 3.39. The van der Waals surface area contributed by atoms with Gasteiger partial charge in [-0.1, -0.05) is 18.0 Å². The number of hydrogen-bond donors (Lipinski definition) is 0. The van der Waals surface area contributed by atoms with E-state index >= 15 is 0 Å². The molecule has 2 rings (SSSR count). The maximum absolute atomic E-state index is 10.6. The number of anilines is 1. The molecule has 0 atom stereocenters. The summed E-state index contributed by atoms with van der Waals surface area (Å²) in [5, 5.41) is 0.659. The third-order valence-electron chi connectivity index (χ3n) is 3.28. The number of hydrogen-bond acceptors (Lipinski definition) is 2. The summed E-state index contributed by atoms with van der Waals surface area (Å²) in [5.74, 6) is 0.812. The van der Waals surface area contributed by atoms with E-state index in [0.29, 0.717) is 10.6 Å². The van der Waals surface area contributed by atoms with Gasteiger partial charge in [0.05, 0.1) is 10.7 Å². The fourth-order valence-corrected chi connectivity index (χ4v) is 2.40. The fourth-order valence-electron chi connectivity index (χ4n) is 2.07. The second-order valence-corrected chi connectivity index (χ2v) is 4.91. The van der Waals surface area contributed by atoms with Crippen molar-refractivity contribution in [2.24, 2.45) is 5.92 Å².